The van der Waals surface area contributed by atoms with Crippen molar-refractivity contribution in [2.45, 2.75) is 12.8 Å². The van der Waals surface area contributed by atoms with Crippen molar-refractivity contribution in [1.82, 2.24) is 4.98 Å². The maximum atomic E-state index is 10.9. The molecule has 2 heterocycles. The van der Waals surface area contributed by atoms with Crippen LogP contribution in [0.3, 0.4) is 0 Å². The van der Waals surface area contributed by atoms with Crippen LogP contribution < -0.4 is 5.32 Å². The average molecular weight is 287 g/mol. The number of carbonyl (C=O) groups is 1. The third-order valence-electron chi connectivity index (χ3n) is 2.95. The number of pyridine rings is 1. The van der Waals surface area contributed by atoms with E-state index in [9.17, 15) is 4.79 Å². The summed E-state index contributed by atoms with van der Waals surface area (Å²) in [7, 11) is 0. The van der Waals surface area contributed by atoms with Gasteiger partial charge in [0.25, 0.3) is 0 Å². The minimum Gasteiger partial charge on any atom is -0.478 e. The molecule has 1 aliphatic rings. The highest BCUT2D eigenvalue weighted by molar-refractivity contribution is 7.99. The Morgan fingerprint density at radius 1 is 1.50 bits per heavy atom. The molecule has 0 bridgehead atoms. The number of nitrogens with one attached hydrogen (secondary N) is 1. The van der Waals surface area contributed by atoms with Crippen LogP contribution in [0.25, 0.3) is 0 Å². The van der Waals surface area contributed by atoms with Crippen LogP contribution in [0.4, 0.5) is 5.82 Å². The number of hydrogen-bond donors (Lipinski definition) is 2. The molecule has 0 saturated carbocycles. The molecule has 0 unspecified atom stereocenters. The standard InChI is InChI=1S/C12H15ClN2O2S/c13-10-5-9(12(16)17)6-11(15-10)14-7-8-1-3-18-4-2-8/h5-6,8H,1-4,7H2,(H,14,15)(H,16,17). The van der Waals surface area contributed by atoms with Gasteiger partial charge in [0.1, 0.15) is 11.0 Å². The van der Waals surface area contributed by atoms with Gasteiger partial charge in [-0.15, -0.1) is 0 Å². The molecule has 1 aromatic rings. The van der Waals surface area contributed by atoms with E-state index in [2.05, 4.69) is 10.3 Å². The summed E-state index contributed by atoms with van der Waals surface area (Å²) in [5, 5.41) is 12.3. The number of aromatic nitrogens is 1. The predicted molar refractivity (Wildman–Crippen MR) is 74.7 cm³/mol. The van der Waals surface area contributed by atoms with Crippen LogP contribution in [0, 0.1) is 5.92 Å². The van der Waals surface area contributed by atoms with Gasteiger partial charge in [-0.05, 0) is 42.4 Å². The molecule has 1 fully saturated rings. The van der Waals surface area contributed by atoms with Gasteiger partial charge >= 0.3 is 5.97 Å². The van der Waals surface area contributed by atoms with Gasteiger partial charge in [0.15, 0.2) is 0 Å². The van der Waals surface area contributed by atoms with E-state index in [1.165, 1.54) is 36.5 Å². The second-order valence-corrected chi connectivity index (χ2v) is 5.92. The lowest BCUT2D eigenvalue weighted by Gasteiger charge is -2.21. The number of halogens is 1. The van der Waals surface area contributed by atoms with Gasteiger partial charge in [-0.1, -0.05) is 11.6 Å². The van der Waals surface area contributed by atoms with Gasteiger partial charge in [-0.25, -0.2) is 9.78 Å². The van der Waals surface area contributed by atoms with Gasteiger partial charge in [0.2, 0.25) is 0 Å². The first-order chi connectivity index (χ1) is 8.65. The van der Waals surface area contributed by atoms with Crippen molar-refractivity contribution < 1.29 is 9.90 Å². The molecule has 2 N–H and O–H groups in total. The van der Waals surface area contributed by atoms with Crippen molar-refractivity contribution in [3.05, 3.63) is 22.8 Å². The summed E-state index contributed by atoms with van der Waals surface area (Å²) in [6.45, 7) is 0.826. The van der Waals surface area contributed by atoms with Crippen molar-refractivity contribution in [1.29, 1.82) is 0 Å². The number of aromatic carboxylic acids is 1. The molecule has 0 radical (unpaired) electrons. The highest BCUT2D eigenvalue weighted by Gasteiger charge is 2.14. The monoisotopic (exact) mass is 286 g/mol. The first kappa shape index (κ1) is 13.5. The van der Waals surface area contributed by atoms with E-state index in [0.717, 1.165) is 6.54 Å². The van der Waals surface area contributed by atoms with Crippen LogP contribution in [-0.2, 0) is 0 Å². The van der Waals surface area contributed by atoms with Crippen molar-refractivity contribution in [2.75, 3.05) is 23.4 Å². The molecular formula is C12H15ClN2O2S. The van der Waals surface area contributed by atoms with Gasteiger partial charge in [-0.2, -0.15) is 11.8 Å². The zero-order chi connectivity index (χ0) is 13.0. The summed E-state index contributed by atoms with van der Waals surface area (Å²) < 4.78 is 0. The van der Waals surface area contributed by atoms with Crippen LogP contribution in [0.2, 0.25) is 5.15 Å². The summed E-state index contributed by atoms with van der Waals surface area (Å²) in [5.41, 5.74) is 0.164. The Hall–Kier alpha value is -0.940. The van der Waals surface area contributed by atoms with Crippen LogP contribution in [-0.4, -0.2) is 34.1 Å². The molecule has 1 saturated heterocycles. The Morgan fingerprint density at radius 2 is 2.22 bits per heavy atom. The molecule has 0 spiro atoms. The fraction of sp³-hybridized carbons (Fsp3) is 0.500. The van der Waals surface area contributed by atoms with Gasteiger partial charge in [0.05, 0.1) is 5.56 Å². The Morgan fingerprint density at radius 3 is 2.89 bits per heavy atom. The molecule has 1 aliphatic heterocycles. The Labute approximate surface area is 115 Å². The second-order valence-electron chi connectivity index (χ2n) is 4.31. The number of anilines is 1. The molecule has 98 valence electrons. The van der Waals surface area contributed by atoms with E-state index in [0.29, 0.717) is 11.7 Å². The molecule has 0 aromatic carbocycles. The topological polar surface area (TPSA) is 62.2 Å². The third-order valence-corrected chi connectivity index (χ3v) is 4.20. The fourth-order valence-corrected chi connectivity index (χ4v) is 3.32. The van der Waals surface area contributed by atoms with Gasteiger partial charge in [-0.3, -0.25) is 0 Å². The quantitative estimate of drug-likeness (QED) is 0.833. The normalized spacial score (nSPS) is 16.5. The summed E-state index contributed by atoms with van der Waals surface area (Å²) in [6.07, 6.45) is 2.40. The van der Waals surface area contributed by atoms with Crippen LogP contribution in [0.1, 0.15) is 23.2 Å². The van der Waals surface area contributed by atoms with E-state index in [4.69, 9.17) is 16.7 Å². The minimum atomic E-state index is -0.989. The molecular weight excluding hydrogens is 272 g/mol. The largest absolute Gasteiger partial charge is 0.478 e. The summed E-state index contributed by atoms with van der Waals surface area (Å²) >= 11 is 7.78. The summed E-state index contributed by atoms with van der Waals surface area (Å²) in [4.78, 5) is 15.0. The summed E-state index contributed by atoms with van der Waals surface area (Å²) in [5.74, 6) is 2.60. The first-order valence-corrected chi connectivity index (χ1v) is 7.41. The maximum Gasteiger partial charge on any atom is 0.335 e. The molecule has 0 aliphatic carbocycles. The molecule has 0 atom stereocenters. The Bertz CT molecular complexity index is 436. The number of carboxylic acid groups (broad SMARTS) is 1. The average Bonchev–Trinajstić information content (AvgIpc) is 2.37. The molecule has 18 heavy (non-hydrogen) atoms. The smallest absolute Gasteiger partial charge is 0.335 e. The van der Waals surface area contributed by atoms with E-state index < -0.39 is 5.97 Å². The molecule has 4 nitrogen and oxygen atoms in total. The van der Waals surface area contributed by atoms with E-state index in [1.54, 1.807) is 0 Å². The van der Waals surface area contributed by atoms with Crippen molar-refractivity contribution >= 4 is 35.1 Å². The van der Waals surface area contributed by atoms with Crippen LogP contribution in [0.5, 0.6) is 0 Å². The minimum absolute atomic E-state index is 0.164. The van der Waals surface area contributed by atoms with Crippen LogP contribution in [0.15, 0.2) is 12.1 Å². The van der Waals surface area contributed by atoms with E-state index in [-0.39, 0.29) is 10.7 Å². The molecule has 2 rings (SSSR count). The molecule has 6 heteroatoms. The maximum absolute atomic E-state index is 10.9. The van der Waals surface area contributed by atoms with E-state index in [1.807, 2.05) is 11.8 Å². The highest BCUT2D eigenvalue weighted by Crippen LogP contribution is 2.23. The lowest BCUT2D eigenvalue weighted by atomic mass is 10.0. The SMILES string of the molecule is O=C(O)c1cc(Cl)nc(NCC2CCSCC2)c1. The Kier molecular flexibility index (Phi) is 4.72. The van der Waals surface area contributed by atoms with Crippen molar-refractivity contribution in [3.63, 3.8) is 0 Å². The number of hydrogen-bond acceptors (Lipinski definition) is 4. The number of thioether (sulfide) groups is 1. The Balaban J connectivity index is 1.97. The van der Waals surface area contributed by atoms with Gasteiger partial charge < -0.3 is 10.4 Å². The molecule has 0 amide bonds. The third kappa shape index (κ3) is 3.78. The van der Waals surface area contributed by atoms with Gasteiger partial charge in [0, 0.05) is 6.54 Å². The number of nitrogens with zero attached hydrogens (tertiary/aromatic N) is 1. The van der Waals surface area contributed by atoms with Crippen molar-refractivity contribution in [2.24, 2.45) is 5.92 Å². The number of rotatable bonds is 4. The van der Waals surface area contributed by atoms with Crippen LogP contribution >= 0.6 is 23.4 Å². The van der Waals surface area contributed by atoms with E-state index >= 15 is 0 Å². The molecule has 1 aromatic heterocycles. The lowest BCUT2D eigenvalue weighted by Crippen LogP contribution is -2.19. The predicted octanol–water partition coefficient (Wildman–Crippen LogP) is 2.99. The second kappa shape index (κ2) is 6.29. The number of carboxylic acids is 1. The zero-order valence-corrected chi connectivity index (χ0v) is 11.4. The zero-order valence-electron chi connectivity index (χ0n) is 9.86. The highest BCUT2D eigenvalue weighted by atomic mass is 35.5. The van der Waals surface area contributed by atoms with Crippen molar-refractivity contribution in [3.8, 4) is 0 Å². The fourth-order valence-electron chi connectivity index (χ4n) is 1.91. The lowest BCUT2D eigenvalue weighted by molar-refractivity contribution is 0.0697. The first-order valence-electron chi connectivity index (χ1n) is 5.87. The summed E-state index contributed by atoms with van der Waals surface area (Å²) in [6, 6.07) is 2.87.